The Kier molecular flexibility index (Phi) is 21.8. The average molecular weight is 1760 g/mol. The number of hydrogen-bond donors (Lipinski definition) is 8. The molecular formula is C95H62Cl2F6N8O16. The minimum atomic E-state index is -1.35. The summed E-state index contributed by atoms with van der Waals surface area (Å²) >= 11 is 12.4. The number of carboxylic acid groups (broad SMARTS) is 4. The number of H-pyrrole nitrogens is 4. The van der Waals surface area contributed by atoms with E-state index in [0.29, 0.717) is 97.9 Å². The maximum Gasteiger partial charge on any atom is 0.353 e. The highest BCUT2D eigenvalue weighted by atomic mass is 35.5. The van der Waals surface area contributed by atoms with Gasteiger partial charge >= 0.3 is 23.9 Å². The number of hydrogen-bond acceptors (Lipinski definition) is 12. The van der Waals surface area contributed by atoms with E-state index in [0.717, 1.165) is 58.3 Å². The lowest BCUT2D eigenvalue weighted by Crippen LogP contribution is -2.14. The molecule has 0 unspecified atom stereocenters. The van der Waals surface area contributed by atoms with Gasteiger partial charge in [0, 0.05) is 90.8 Å². The third kappa shape index (κ3) is 14.7. The number of pyridine rings is 4. The van der Waals surface area contributed by atoms with Crippen molar-refractivity contribution in [2.24, 2.45) is 0 Å². The van der Waals surface area contributed by atoms with Crippen molar-refractivity contribution in [3.8, 4) is 44.5 Å². The zero-order valence-electron chi connectivity index (χ0n) is 66.2. The Balaban J connectivity index is 0.000000119. The first-order valence-corrected chi connectivity index (χ1v) is 39.3. The number of aromatic nitrogens is 8. The number of carbonyl (C=O) groups is 4. The van der Waals surface area contributed by atoms with Crippen LogP contribution in [0.2, 0.25) is 10.0 Å². The summed E-state index contributed by atoms with van der Waals surface area (Å²) in [5.74, 6) is -8.63. The number of rotatable bonds is 16. The van der Waals surface area contributed by atoms with Gasteiger partial charge in [-0.05, 0) is 177 Å². The molecule has 0 saturated heterocycles. The summed E-state index contributed by atoms with van der Waals surface area (Å²) in [5, 5.41) is 45.7. The molecule has 0 amide bonds. The van der Waals surface area contributed by atoms with Gasteiger partial charge in [0.05, 0.1) is 115 Å². The summed E-state index contributed by atoms with van der Waals surface area (Å²) in [6.07, 6.45) is 11.6. The van der Waals surface area contributed by atoms with Gasteiger partial charge in [0.15, 0.2) is 0 Å². The summed E-state index contributed by atoms with van der Waals surface area (Å²) in [6, 6.07) is 43.4. The van der Waals surface area contributed by atoms with Gasteiger partial charge in [-0.1, -0.05) is 59.6 Å². The first-order valence-electron chi connectivity index (χ1n) is 38.6. The van der Waals surface area contributed by atoms with Gasteiger partial charge in [-0.3, -0.25) is 19.2 Å². The molecule has 0 aliphatic carbocycles. The molecule has 8 N–H and O–H groups in total. The number of nitrogens with one attached hydrogen (secondary N) is 4. The van der Waals surface area contributed by atoms with Crippen LogP contribution in [0, 0.1) is 55.7 Å². The lowest BCUT2D eigenvalue weighted by molar-refractivity contribution is 0.0676. The molecule has 634 valence electrons. The number of nitrogens with zero attached hydrogens (tertiary/aromatic N) is 4. The summed E-state index contributed by atoms with van der Waals surface area (Å²) in [7, 11) is 0. The van der Waals surface area contributed by atoms with E-state index in [1.807, 2.05) is 19.9 Å². The molecule has 0 spiro atoms. The number of halogens is 8. The monoisotopic (exact) mass is 1750 g/mol. The van der Waals surface area contributed by atoms with E-state index in [-0.39, 0.29) is 116 Å². The summed E-state index contributed by atoms with van der Waals surface area (Å²) < 4.78 is 114. The van der Waals surface area contributed by atoms with Crippen LogP contribution >= 0.6 is 23.2 Å². The van der Waals surface area contributed by atoms with Crippen LogP contribution in [0.1, 0.15) is 80.9 Å². The molecule has 0 aliphatic heterocycles. The lowest BCUT2D eigenvalue weighted by Gasteiger charge is -2.11. The maximum atomic E-state index is 14.8. The smallest absolute Gasteiger partial charge is 0.353 e. The second-order valence-corrected chi connectivity index (χ2v) is 30.4. The molecule has 0 atom stereocenters. The minimum Gasteiger partial charge on any atom is -0.477 e. The molecule has 0 bridgehead atoms. The number of fused-ring (bicyclic) bond motifs is 12. The van der Waals surface area contributed by atoms with Crippen LogP contribution in [0.25, 0.3) is 132 Å². The fraction of sp³-hybridized carbons (Fsp3) is 0.0737. The Morgan fingerprint density at radius 1 is 0.331 bits per heavy atom. The highest BCUT2D eigenvalue weighted by molar-refractivity contribution is 6.37. The molecule has 0 fully saturated rings. The van der Waals surface area contributed by atoms with E-state index in [4.69, 9.17) is 40.9 Å². The van der Waals surface area contributed by atoms with Crippen LogP contribution in [0.4, 0.5) is 26.3 Å². The van der Waals surface area contributed by atoms with Gasteiger partial charge in [0.2, 0.25) is 0 Å². The summed E-state index contributed by atoms with van der Waals surface area (Å²) in [5.41, 5.74) is 4.88. The molecule has 8 aromatic carbocycles. The topological polar surface area (TPSA) is 353 Å². The van der Waals surface area contributed by atoms with E-state index in [9.17, 15) is 85.1 Å². The lowest BCUT2D eigenvalue weighted by atomic mass is 10.0. The Labute approximate surface area is 717 Å². The molecular weight excluding hydrogens is 1690 g/mol. The van der Waals surface area contributed by atoms with Crippen molar-refractivity contribution in [3.63, 3.8) is 0 Å². The van der Waals surface area contributed by atoms with Crippen molar-refractivity contribution >= 4 is 135 Å². The van der Waals surface area contributed by atoms with Gasteiger partial charge in [-0.15, -0.1) is 0 Å². The zero-order chi connectivity index (χ0) is 89.4. The van der Waals surface area contributed by atoms with Gasteiger partial charge in [0.25, 0.3) is 22.2 Å². The molecule has 32 heteroatoms. The largest absolute Gasteiger partial charge is 0.477 e. The minimum absolute atomic E-state index is 0.0123. The van der Waals surface area contributed by atoms with Crippen molar-refractivity contribution in [1.82, 2.24) is 38.2 Å². The fourth-order valence-electron chi connectivity index (χ4n) is 16.4. The standard InChI is InChI=1S/C25H19FN2O4.C24H16F2N2O4.C23H13ClF2N2O4.C23H14ClFN2O4/c1-13-5-3-6-15(21(13)26)11-28-18-9-8-16-14(2)12-32-23(16)20(18)19(22(28)25(30)31)17-7-4-10-27-24(17)29;1-12-11-32-22-15(12)5-7-18-20(22)19(16-3-2-8-27-23(16)29)21(24(30)31)28(18)10-13-9-14(25)4-6-17(13)26;24-15-10-32-21-13(15)4-6-17-19(21)18(14-2-1-7-27-22(14)29)20(23(30)31)28(17)9-11-8-12(25)3-5-16(11)26;24-15-11-31-21-13(15)7-8-17-19(21)18(14-5-3-9-26-22(14)28)20(23(29)30)27(17)10-12-4-1-2-6-16(12)25/h3-10,12H,11H2,1-2H3,(H,27,29)(H,30,31);2-9,11H,10H2,1H3,(H,27,29)(H,30,31);1-8,10H,9H2,(H,27,29)(H,30,31);1-9,11H,10H2,(H,26,28)(H,29,30). The third-order valence-corrected chi connectivity index (χ3v) is 22.7. The van der Waals surface area contributed by atoms with Crippen molar-refractivity contribution in [2.75, 3.05) is 0 Å². The van der Waals surface area contributed by atoms with Crippen LogP contribution in [-0.2, 0) is 26.2 Å². The van der Waals surface area contributed by atoms with Crippen LogP contribution in [0.3, 0.4) is 0 Å². The highest BCUT2D eigenvalue weighted by Gasteiger charge is 2.35. The second kappa shape index (κ2) is 33.3. The first kappa shape index (κ1) is 83.2. The van der Waals surface area contributed by atoms with Crippen molar-refractivity contribution in [3.05, 3.63) is 374 Å². The molecule has 20 aromatic rings. The normalized spacial score (nSPS) is 11.5. The number of benzene rings is 8. The Morgan fingerprint density at radius 2 is 0.630 bits per heavy atom. The number of aromatic carboxylic acids is 4. The maximum absolute atomic E-state index is 14.8. The molecule has 0 radical (unpaired) electrons. The first-order chi connectivity index (χ1) is 61.1. The third-order valence-electron chi connectivity index (χ3n) is 22.1. The van der Waals surface area contributed by atoms with Crippen LogP contribution < -0.4 is 22.2 Å². The molecule has 0 saturated carbocycles. The SMILES string of the molecule is Cc1cccc(Cn2c(C(=O)O)c(-c3ccc[nH]c3=O)c3c4occ(C)c4ccc32)c1F.Cc1coc2c1ccc1c2c(-c2ccc[nH]c2=O)c(C(=O)O)n1Cc1cc(F)ccc1F.O=C(O)c1c(-c2ccc[nH]c2=O)c2c3occ(Cl)c3ccc2n1Cc1cc(F)ccc1F.O=C(O)c1c(-c2ccc[nH]c2=O)c2c3occ(Cl)c3ccc2n1Cc1ccccc1F. The Hall–Kier alpha value is -16.1. The second-order valence-electron chi connectivity index (χ2n) is 29.6. The van der Waals surface area contributed by atoms with Gasteiger partial charge in [-0.2, -0.15) is 0 Å². The molecule has 24 nitrogen and oxygen atoms in total. The van der Waals surface area contributed by atoms with Crippen LogP contribution in [0.5, 0.6) is 0 Å². The average Bonchev–Trinajstić information content (AvgIpc) is 1.58. The number of aromatic amines is 4. The zero-order valence-corrected chi connectivity index (χ0v) is 67.7. The van der Waals surface area contributed by atoms with E-state index < -0.39 is 75.2 Å². The van der Waals surface area contributed by atoms with E-state index in [1.54, 1.807) is 129 Å². The molecule has 12 heterocycles. The Morgan fingerprint density at radius 3 is 0.969 bits per heavy atom. The number of carboxylic acids is 4. The number of aryl methyl sites for hydroxylation is 3. The van der Waals surface area contributed by atoms with E-state index in [2.05, 4.69) is 19.9 Å². The van der Waals surface area contributed by atoms with Crippen molar-refractivity contribution < 1.29 is 83.6 Å². The molecule has 12 aromatic heterocycles. The quantitative estimate of drug-likeness (QED) is 0.0417. The van der Waals surface area contributed by atoms with E-state index >= 15 is 0 Å². The summed E-state index contributed by atoms with van der Waals surface area (Å²) in [6.45, 7) is 4.81. The fourth-order valence-corrected chi connectivity index (χ4v) is 16.8. The van der Waals surface area contributed by atoms with E-state index in [1.165, 1.54) is 79.8 Å². The summed E-state index contributed by atoms with van der Waals surface area (Å²) in [4.78, 5) is 111. The van der Waals surface area contributed by atoms with Crippen LogP contribution in [0.15, 0.2) is 263 Å². The van der Waals surface area contributed by atoms with Gasteiger partial charge < -0.3 is 76.3 Å². The van der Waals surface area contributed by atoms with Gasteiger partial charge in [-0.25, -0.2) is 45.5 Å². The van der Waals surface area contributed by atoms with Gasteiger partial charge in [0.1, 0.15) is 92.5 Å². The molecule has 20 rings (SSSR count). The molecule has 0 aliphatic rings. The predicted octanol–water partition coefficient (Wildman–Crippen LogP) is 21.0. The molecule has 127 heavy (non-hydrogen) atoms. The Bertz CT molecular complexity index is 7730. The number of furan rings is 4. The predicted molar refractivity (Wildman–Crippen MR) is 465 cm³/mol. The van der Waals surface area contributed by atoms with Crippen molar-refractivity contribution in [1.29, 1.82) is 0 Å². The van der Waals surface area contributed by atoms with Crippen LogP contribution in [-0.4, -0.2) is 82.5 Å². The van der Waals surface area contributed by atoms with Crippen molar-refractivity contribution in [2.45, 2.75) is 47.0 Å². The highest BCUT2D eigenvalue weighted by Crippen LogP contribution is 2.47.